The Balaban J connectivity index is 2.58. The highest BCUT2D eigenvalue weighted by Crippen LogP contribution is 2.26. The summed E-state index contributed by atoms with van der Waals surface area (Å²) in [5.74, 6) is 0. The van der Waals surface area contributed by atoms with E-state index in [4.69, 9.17) is 0 Å². The second-order valence-corrected chi connectivity index (χ2v) is 5.24. The van der Waals surface area contributed by atoms with Gasteiger partial charge in [0.1, 0.15) is 0 Å². The maximum atomic E-state index is 2.41. The van der Waals surface area contributed by atoms with E-state index in [1.807, 2.05) is 0 Å². The summed E-state index contributed by atoms with van der Waals surface area (Å²) in [5.41, 5.74) is 1.93. The van der Waals surface area contributed by atoms with E-state index in [1.165, 1.54) is 37.7 Å². The fourth-order valence-electron chi connectivity index (χ4n) is 1.98. The van der Waals surface area contributed by atoms with Gasteiger partial charge in [0.25, 0.3) is 0 Å². The molecule has 0 saturated heterocycles. The minimum absolute atomic E-state index is 0.407. The van der Waals surface area contributed by atoms with E-state index in [9.17, 15) is 0 Å². The summed E-state index contributed by atoms with van der Waals surface area (Å²) in [4.78, 5) is 0. The molecule has 0 nitrogen and oxygen atoms in total. The van der Waals surface area contributed by atoms with Gasteiger partial charge in [-0.3, -0.25) is 0 Å². The second kappa shape index (κ2) is 5.38. The molecule has 0 aliphatic heterocycles. The monoisotopic (exact) mass is 192 g/mol. The summed E-state index contributed by atoms with van der Waals surface area (Å²) in [7, 11) is 0. The van der Waals surface area contributed by atoms with Crippen molar-refractivity contribution in [1.82, 2.24) is 0 Å². The first-order chi connectivity index (χ1) is 6.60. The number of hydrogen-bond donors (Lipinski definition) is 0. The number of hydrogen-bond acceptors (Lipinski definition) is 0. The minimum atomic E-state index is 0.407. The van der Waals surface area contributed by atoms with Crippen LogP contribution in [0.5, 0.6) is 0 Å². The van der Waals surface area contributed by atoms with Crippen molar-refractivity contribution < 1.29 is 0 Å². The van der Waals surface area contributed by atoms with E-state index in [-0.39, 0.29) is 0 Å². The third-order valence-corrected chi connectivity index (χ3v) is 3.03. The van der Waals surface area contributed by atoms with Crippen LogP contribution >= 0.6 is 0 Å². The zero-order valence-corrected chi connectivity index (χ0v) is 9.97. The highest BCUT2D eigenvalue weighted by molar-refractivity contribution is 5.07. The normalized spacial score (nSPS) is 23.8. The molecule has 0 bridgehead atoms. The van der Waals surface area contributed by atoms with Crippen LogP contribution < -0.4 is 0 Å². The van der Waals surface area contributed by atoms with Crippen LogP contribution in [0.3, 0.4) is 0 Å². The third kappa shape index (κ3) is 4.64. The van der Waals surface area contributed by atoms with Crippen molar-refractivity contribution in [2.75, 3.05) is 0 Å². The lowest BCUT2D eigenvalue weighted by atomic mass is 9.86. The molecule has 0 aromatic carbocycles. The van der Waals surface area contributed by atoms with Crippen LogP contribution in [-0.2, 0) is 0 Å². The molecule has 1 aliphatic rings. The van der Waals surface area contributed by atoms with Gasteiger partial charge in [-0.15, -0.1) is 0 Å². The van der Waals surface area contributed by atoms with Gasteiger partial charge in [-0.2, -0.15) is 0 Å². The van der Waals surface area contributed by atoms with Gasteiger partial charge < -0.3 is 0 Å². The van der Waals surface area contributed by atoms with Crippen molar-refractivity contribution in [3.63, 3.8) is 0 Å². The summed E-state index contributed by atoms with van der Waals surface area (Å²) in [6.45, 7) is 6.94. The molecule has 0 spiro atoms. The summed E-state index contributed by atoms with van der Waals surface area (Å²) >= 11 is 0. The van der Waals surface area contributed by atoms with Crippen LogP contribution in [0.4, 0.5) is 0 Å². The topological polar surface area (TPSA) is 0 Å². The molecule has 0 atom stereocenters. The van der Waals surface area contributed by atoms with E-state index in [2.05, 4.69) is 39.0 Å². The largest absolute Gasteiger partial charge is 0.0853 e. The first-order valence-corrected chi connectivity index (χ1v) is 5.93. The van der Waals surface area contributed by atoms with Crippen LogP contribution in [0.2, 0.25) is 0 Å². The van der Waals surface area contributed by atoms with Crippen molar-refractivity contribution >= 4 is 0 Å². The molecular weight excluding hydrogens is 168 g/mol. The number of rotatable bonds is 0. The molecule has 1 rings (SSSR count). The first kappa shape index (κ1) is 11.6. The first-order valence-electron chi connectivity index (χ1n) is 5.93. The van der Waals surface area contributed by atoms with Gasteiger partial charge in [0.15, 0.2) is 0 Å². The van der Waals surface area contributed by atoms with Crippen molar-refractivity contribution in [2.45, 2.75) is 59.3 Å². The Morgan fingerprint density at radius 2 is 1.93 bits per heavy atom. The van der Waals surface area contributed by atoms with Crippen LogP contribution in [0.1, 0.15) is 59.3 Å². The van der Waals surface area contributed by atoms with Gasteiger partial charge in [0.2, 0.25) is 0 Å². The minimum Gasteiger partial charge on any atom is -0.0853 e. The fraction of sp³-hybridized carbons (Fsp3) is 0.714. The van der Waals surface area contributed by atoms with Gasteiger partial charge in [-0.05, 0) is 38.0 Å². The van der Waals surface area contributed by atoms with E-state index in [0.29, 0.717) is 5.41 Å². The molecule has 0 N–H and O–H groups in total. The molecule has 0 aromatic heterocycles. The average molecular weight is 192 g/mol. The Kier molecular flexibility index (Phi) is 4.44. The lowest BCUT2D eigenvalue weighted by Gasteiger charge is -2.19. The molecule has 0 heteroatoms. The molecule has 1 aliphatic carbocycles. The van der Waals surface area contributed by atoms with Crippen molar-refractivity contribution in [2.24, 2.45) is 5.41 Å². The molecule has 14 heavy (non-hydrogen) atoms. The van der Waals surface area contributed by atoms with Gasteiger partial charge in [0, 0.05) is 0 Å². The Morgan fingerprint density at radius 1 is 1.14 bits per heavy atom. The summed E-state index contributed by atoms with van der Waals surface area (Å²) in [6, 6.07) is 0. The molecule has 0 heterocycles. The number of allylic oxidation sites excluding steroid dienone is 4. The highest BCUT2D eigenvalue weighted by Gasteiger charge is 2.12. The van der Waals surface area contributed by atoms with Gasteiger partial charge in [-0.1, -0.05) is 50.5 Å². The van der Waals surface area contributed by atoms with Crippen LogP contribution in [-0.4, -0.2) is 0 Å². The molecular formula is C14H24. The van der Waals surface area contributed by atoms with Crippen LogP contribution in [0.25, 0.3) is 0 Å². The Labute approximate surface area is 89.1 Å². The SMILES string of the molecule is CC1=CCCCCCC(C)(C)C=CC1. The average Bonchev–Trinajstić information content (AvgIpc) is 2.12. The maximum Gasteiger partial charge on any atom is -0.0141 e. The fourth-order valence-corrected chi connectivity index (χ4v) is 1.98. The van der Waals surface area contributed by atoms with Gasteiger partial charge >= 0.3 is 0 Å². The molecule has 80 valence electrons. The van der Waals surface area contributed by atoms with Crippen molar-refractivity contribution in [3.8, 4) is 0 Å². The molecule has 0 aromatic rings. The van der Waals surface area contributed by atoms with E-state index in [0.717, 1.165) is 6.42 Å². The standard InChI is InChI=1S/C14H24/c1-13-9-6-4-5-7-11-14(2,3)12-8-10-13/h8-9,12H,4-7,10-11H2,1-3H3. The molecule has 0 saturated carbocycles. The van der Waals surface area contributed by atoms with Gasteiger partial charge in [0.05, 0.1) is 0 Å². The molecule has 0 radical (unpaired) electrons. The quantitative estimate of drug-likeness (QED) is 0.480. The summed E-state index contributed by atoms with van der Waals surface area (Å²) in [5, 5.41) is 0. The Bertz CT molecular complexity index is 218. The van der Waals surface area contributed by atoms with Gasteiger partial charge in [-0.25, -0.2) is 0 Å². The van der Waals surface area contributed by atoms with Crippen LogP contribution in [0, 0.1) is 5.41 Å². The third-order valence-electron chi connectivity index (χ3n) is 3.03. The van der Waals surface area contributed by atoms with E-state index < -0.39 is 0 Å². The second-order valence-electron chi connectivity index (χ2n) is 5.24. The van der Waals surface area contributed by atoms with E-state index >= 15 is 0 Å². The molecule has 0 unspecified atom stereocenters. The zero-order valence-electron chi connectivity index (χ0n) is 9.97. The maximum absolute atomic E-state index is 2.41. The summed E-state index contributed by atoms with van der Waals surface area (Å²) < 4.78 is 0. The molecule has 0 amide bonds. The zero-order chi connectivity index (χ0) is 10.4. The van der Waals surface area contributed by atoms with Crippen molar-refractivity contribution in [3.05, 3.63) is 23.8 Å². The lowest BCUT2D eigenvalue weighted by Crippen LogP contribution is -2.06. The Morgan fingerprint density at radius 3 is 2.71 bits per heavy atom. The highest BCUT2D eigenvalue weighted by atomic mass is 14.2. The predicted octanol–water partition coefficient (Wildman–Crippen LogP) is 4.87. The van der Waals surface area contributed by atoms with E-state index in [1.54, 1.807) is 0 Å². The van der Waals surface area contributed by atoms with Crippen molar-refractivity contribution in [1.29, 1.82) is 0 Å². The summed E-state index contributed by atoms with van der Waals surface area (Å²) in [6.07, 6.45) is 15.0. The predicted molar refractivity (Wildman–Crippen MR) is 64.4 cm³/mol. The van der Waals surface area contributed by atoms with Crippen LogP contribution in [0.15, 0.2) is 23.8 Å². The Hall–Kier alpha value is -0.520. The lowest BCUT2D eigenvalue weighted by molar-refractivity contribution is 0.411. The smallest absolute Gasteiger partial charge is 0.0141 e. The molecule has 0 fully saturated rings.